The monoisotopic (exact) mass is 483 g/mol. The van der Waals surface area contributed by atoms with Gasteiger partial charge in [-0.25, -0.2) is 0 Å². The minimum atomic E-state index is -0.419. The molecule has 0 fully saturated rings. The first-order valence-electron chi connectivity index (χ1n) is 9.98. The molecule has 4 aromatic rings. The van der Waals surface area contributed by atoms with Gasteiger partial charge in [-0.05, 0) is 61.4 Å². The quantitative estimate of drug-likeness (QED) is 0.337. The smallest absolute Gasteiger partial charge is 0.262 e. The summed E-state index contributed by atoms with van der Waals surface area (Å²) >= 11 is 12.0. The fraction of sp³-hybridized carbons (Fsp3) is 0.120. The highest BCUT2D eigenvalue weighted by molar-refractivity contribution is 6.35. The molecule has 0 atom stereocenters. The molecule has 1 heterocycles. The van der Waals surface area contributed by atoms with Crippen LogP contribution < -0.4 is 20.2 Å². The van der Waals surface area contributed by atoms with Crippen molar-refractivity contribution in [1.82, 2.24) is 0 Å². The van der Waals surface area contributed by atoms with E-state index in [0.717, 1.165) is 11.1 Å². The van der Waals surface area contributed by atoms with Crippen LogP contribution in [-0.4, -0.2) is 12.5 Å². The van der Waals surface area contributed by atoms with Gasteiger partial charge in [0.1, 0.15) is 23.3 Å². The van der Waals surface area contributed by atoms with E-state index >= 15 is 0 Å². The summed E-state index contributed by atoms with van der Waals surface area (Å²) in [5.41, 5.74) is 2.31. The lowest BCUT2D eigenvalue weighted by molar-refractivity contribution is -0.118. The van der Waals surface area contributed by atoms with Crippen LogP contribution in [0.1, 0.15) is 11.1 Å². The van der Waals surface area contributed by atoms with Crippen LogP contribution in [0, 0.1) is 13.8 Å². The maximum absolute atomic E-state index is 12.9. The Hall–Kier alpha value is -3.48. The Kier molecular flexibility index (Phi) is 6.58. The molecular weight excluding hydrogens is 465 g/mol. The number of rotatable bonds is 6. The van der Waals surface area contributed by atoms with Gasteiger partial charge in [-0.2, -0.15) is 0 Å². The molecule has 0 unspecified atom stereocenters. The van der Waals surface area contributed by atoms with Gasteiger partial charge < -0.3 is 19.2 Å². The van der Waals surface area contributed by atoms with Crippen LogP contribution in [0.2, 0.25) is 10.0 Å². The molecule has 1 aromatic heterocycles. The fourth-order valence-corrected chi connectivity index (χ4v) is 3.45. The number of anilines is 1. The zero-order valence-electron chi connectivity index (χ0n) is 17.8. The van der Waals surface area contributed by atoms with Crippen molar-refractivity contribution in [3.05, 3.63) is 92.3 Å². The molecule has 0 radical (unpaired) electrons. The second kappa shape index (κ2) is 9.57. The highest BCUT2D eigenvalue weighted by Gasteiger charge is 2.13. The number of carbonyl (C=O) groups excluding carboxylic acids is 1. The van der Waals surface area contributed by atoms with Gasteiger partial charge in [-0.3, -0.25) is 9.59 Å². The first-order chi connectivity index (χ1) is 15.8. The van der Waals surface area contributed by atoms with Crippen LogP contribution in [0.25, 0.3) is 11.0 Å². The number of benzene rings is 3. The zero-order chi connectivity index (χ0) is 23.5. The molecule has 1 N–H and O–H groups in total. The SMILES string of the molecule is Cc1ccc(C)c(Oc2coc3cc(OCC(=O)Nc4cc(Cl)ccc4Cl)ccc3c2=O)c1. The molecule has 0 saturated heterocycles. The third-order valence-electron chi connectivity index (χ3n) is 4.85. The van der Waals surface area contributed by atoms with Crippen molar-refractivity contribution in [1.29, 1.82) is 0 Å². The topological polar surface area (TPSA) is 77.8 Å². The lowest BCUT2D eigenvalue weighted by Crippen LogP contribution is -2.20. The Labute approximate surface area is 199 Å². The largest absolute Gasteiger partial charge is 0.484 e. The van der Waals surface area contributed by atoms with Crippen molar-refractivity contribution in [2.45, 2.75) is 13.8 Å². The molecule has 6 nitrogen and oxygen atoms in total. The number of hydrogen-bond donors (Lipinski definition) is 1. The average molecular weight is 484 g/mol. The van der Waals surface area contributed by atoms with Crippen molar-refractivity contribution < 1.29 is 18.7 Å². The number of ether oxygens (including phenoxy) is 2. The number of nitrogens with one attached hydrogen (secondary N) is 1. The normalized spacial score (nSPS) is 10.8. The van der Waals surface area contributed by atoms with Gasteiger partial charge in [0.15, 0.2) is 6.61 Å². The third-order valence-corrected chi connectivity index (χ3v) is 5.42. The van der Waals surface area contributed by atoms with Crippen LogP contribution in [-0.2, 0) is 4.79 Å². The van der Waals surface area contributed by atoms with Crippen LogP contribution in [0.3, 0.4) is 0 Å². The summed E-state index contributed by atoms with van der Waals surface area (Å²) < 4.78 is 16.9. The van der Waals surface area contributed by atoms with Gasteiger partial charge in [0.05, 0.1) is 16.1 Å². The average Bonchev–Trinajstić information content (AvgIpc) is 2.79. The minimum absolute atomic E-state index is 0.0858. The first-order valence-corrected chi connectivity index (χ1v) is 10.7. The molecule has 0 aliphatic carbocycles. The van der Waals surface area contributed by atoms with Crippen LogP contribution in [0.15, 0.2) is 70.1 Å². The van der Waals surface area contributed by atoms with E-state index in [-0.39, 0.29) is 17.8 Å². The van der Waals surface area contributed by atoms with Crippen molar-refractivity contribution >= 4 is 45.8 Å². The number of halogens is 2. The molecule has 1 amide bonds. The van der Waals surface area contributed by atoms with Crippen molar-refractivity contribution in [2.24, 2.45) is 0 Å². The second-order valence-corrected chi connectivity index (χ2v) is 8.26. The molecule has 168 valence electrons. The van der Waals surface area contributed by atoms with Crippen molar-refractivity contribution in [3.8, 4) is 17.2 Å². The summed E-state index contributed by atoms with van der Waals surface area (Å²) in [5.74, 6) is 0.620. The molecule has 4 rings (SSSR count). The molecule has 8 heteroatoms. The van der Waals surface area contributed by atoms with Gasteiger partial charge >= 0.3 is 0 Å². The van der Waals surface area contributed by atoms with Gasteiger partial charge in [0, 0.05) is 11.1 Å². The first kappa shape index (κ1) is 22.7. The number of amides is 1. The fourth-order valence-electron chi connectivity index (χ4n) is 3.12. The van der Waals surface area contributed by atoms with E-state index in [1.165, 1.54) is 12.3 Å². The van der Waals surface area contributed by atoms with Gasteiger partial charge in [0.2, 0.25) is 11.2 Å². The van der Waals surface area contributed by atoms with Gasteiger partial charge in [0.25, 0.3) is 5.91 Å². The van der Waals surface area contributed by atoms with E-state index in [2.05, 4.69) is 5.32 Å². The highest BCUT2D eigenvalue weighted by Crippen LogP contribution is 2.27. The minimum Gasteiger partial charge on any atom is -0.484 e. The molecule has 0 spiro atoms. The Balaban J connectivity index is 1.48. The summed E-state index contributed by atoms with van der Waals surface area (Å²) in [4.78, 5) is 25.1. The van der Waals surface area contributed by atoms with E-state index in [9.17, 15) is 9.59 Å². The second-order valence-electron chi connectivity index (χ2n) is 7.42. The summed E-state index contributed by atoms with van der Waals surface area (Å²) in [5, 5.41) is 3.78. The zero-order valence-corrected chi connectivity index (χ0v) is 19.3. The van der Waals surface area contributed by atoms with Gasteiger partial charge in [-0.1, -0.05) is 35.3 Å². The maximum atomic E-state index is 12.9. The van der Waals surface area contributed by atoms with Crippen LogP contribution in [0.5, 0.6) is 17.2 Å². The lowest BCUT2D eigenvalue weighted by Gasteiger charge is -2.11. The Bertz CT molecular complexity index is 1410. The number of hydrogen-bond acceptors (Lipinski definition) is 5. The van der Waals surface area contributed by atoms with E-state index in [4.69, 9.17) is 37.1 Å². The van der Waals surface area contributed by atoms with E-state index in [1.807, 2.05) is 32.0 Å². The molecule has 0 saturated carbocycles. The number of aryl methyl sites for hydroxylation is 2. The van der Waals surface area contributed by atoms with Crippen molar-refractivity contribution in [2.75, 3.05) is 11.9 Å². The Morgan fingerprint density at radius 2 is 1.82 bits per heavy atom. The highest BCUT2D eigenvalue weighted by atomic mass is 35.5. The lowest BCUT2D eigenvalue weighted by atomic mass is 10.1. The third kappa shape index (κ3) is 5.30. The van der Waals surface area contributed by atoms with Crippen LogP contribution in [0.4, 0.5) is 5.69 Å². The Morgan fingerprint density at radius 3 is 2.64 bits per heavy atom. The summed E-state index contributed by atoms with van der Waals surface area (Å²) in [6, 6.07) is 15.2. The summed E-state index contributed by atoms with van der Waals surface area (Å²) in [6.45, 7) is 3.57. The molecule has 0 aliphatic rings. The maximum Gasteiger partial charge on any atom is 0.262 e. The molecule has 0 aliphatic heterocycles. The standard InChI is InChI=1S/C25H19Cl2NO5/c1-14-3-4-15(2)21(9-14)33-23-12-32-22-11-17(6-7-18(22)25(23)30)31-13-24(29)28-20-10-16(26)5-8-19(20)27/h3-12H,13H2,1-2H3,(H,28,29). The number of carbonyl (C=O) groups is 1. The van der Waals surface area contributed by atoms with E-state index in [1.54, 1.807) is 30.3 Å². The summed E-state index contributed by atoms with van der Waals surface area (Å²) in [7, 11) is 0. The predicted molar refractivity (Wildman–Crippen MR) is 129 cm³/mol. The molecule has 33 heavy (non-hydrogen) atoms. The van der Waals surface area contributed by atoms with E-state index in [0.29, 0.717) is 38.2 Å². The van der Waals surface area contributed by atoms with Crippen molar-refractivity contribution in [3.63, 3.8) is 0 Å². The molecule has 0 bridgehead atoms. The summed E-state index contributed by atoms with van der Waals surface area (Å²) in [6.07, 6.45) is 1.27. The molecule has 3 aromatic carbocycles. The van der Waals surface area contributed by atoms with Crippen LogP contribution >= 0.6 is 23.2 Å². The molecular formula is C25H19Cl2NO5. The van der Waals surface area contributed by atoms with E-state index < -0.39 is 5.91 Å². The Morgan fingerprint density at radius 1 is 1.00 bits per heavy atom. The van der Waals surface area contributed by atoms with Gasteiger partial charge in [-0.15, -0.1) is 0 Å². The predicted octanol–water partition coefficient (Wildman–Crippen LogP) is 6.53. The number of fused-ring (bicyclic) bond motifs is 1.